The number of aromatic nitrogens is 2. The Balaban J connectivity index is 1.55. The normalized spacial score (nSPS) is 24.1. The van der Waals surface area contributed by atoms with E-state index in [0.717, 1.165) is 25.6 Å². The highest BCUT2D eigenvalue weighted by Gasteiger charge is 2.34. The fourth-order valence-corrected chi connectivity index (χ4v) is 3.65. The Kier molecular flexibility index (Phi) is 3.94. The molecule has 1 aromatic heterocycles. The van der Waals surface area contributed by atoms with Gasteiger partial charge in [-0.25, -0.2) is 23.1 Å². The van der Waals surface area contributed by atoms with Crippen LogP contribution < -0.4 is 4.72 Å². The van der Waals surface area contributed by atoms with E-state index in [1.165, 1.54) is 25.2 Å². The molecule has 0 spiro atoms. The predicted octanol–water partition coefficient (Wildman–Crippen LogP) is 0.893. The van der Waals surface area contributed by atoms with Crippen molar-refractivity contribution in [2.45, 2.75) is 30.2 Å². The highest BCUT2D eigenvalue weighted by molar-refractivity contribution is 7.89. The summed E-state index contributed by atoms with van der Waals surface area (Å²) in [5.74, 6) is 0.388. The van der Waals surface area contributed by atoms with Crippen LogP contribution in [0, 0.1) is 5.92 Å². The third-order valence-corrected chi connectivity index (χ3v) is 5.42. The molecule has 8 heteroatoms. The maximum absolute atomic E-state index is 12.1. The van der Waals surface area contributed by atoms with Crippen LogP contribution in [0.25, 0.3) is 0 Å². The Hall–Kier alpha value is -0.760. The first kappa shape index (κ1) is 14.2. The van der Waals surface area contributed by atoms with Gasteiger partial charge in [0.1, 0.15) is 4.90 Å². The van der Waals surface area contributed by atoms with Gasteiger partial charge in [0.05, 0.1) is 12.4 Å². The Bertz CT molecular complexity index is 574. The van der Waals surface area contributed by atoms with E-state index in [-0.39, 0.29) is 10.2 Å². The van der Waals surface area contributed by atoms with Crippen molar-refractivity contribution in [3.05, 3.63) is 17.7 Å². The van der Waals surface area contributed by atoms with E-state index < -0.39 is 10.0 Å². The van der Waals surface area contributed by atoms with Crippen LogP contribution >= 0.6 is 11.6 Å². The van der Waals surface area contributed by atoms with Crippen LogP contribution in [0.3, 0.4) is 0 Å². The third kappa shape index (κ3) is 3.28. The molecular formula is C12H17ClN4O2S. The van der Waals surface area contributed by atoms with Gasteiger partial charge < -0.3 is 4.90 Å². The Morgan fingerprint density at radius 3 is 2.65 bits per heavy atom. The molecule has 1 aliphatic heterocycles. The smallest absolute Gasteiger partial charge is 0.243 e. The summed E-state index contributed by atoms with van der Waals surface area (Å²) >= 11 is 5.55. The topological polar surface area (TPSA) is 75.2 Å². The SMILES string of the molecule is O=S(=O)(NCC1CCN(C2CC2)C1)c1cnc(Cl)nc1. The van der Waals surface area contributed by atoms with Crippen molar-refractivity contribution in [1.29, 1.82) is 0 Å². The third-order valence-electron chi connectivity index (χ3n) is 3.85. The van der Waals surface area contributed by atoms with Crippen LogP contribution in [-0.4, -0.2) is 49.0 Å². The maximum Gasteiger partial charge on any atom is 0.243 e. The lowest BCUT2D eigenvalue weighted by Gasteiger charge is -2.15. The molecule has 1 saturated heterocycles. The molecule has 1 unspecified atom stereocenters. The molecule has 6 nitrogen and oxygen atoms in total. The van der Waals surface area contributed by atoms with Gasteiger partial charge in [0.25, 0.3) is 0 Å². The standard InChI is InChI=1S/C12H17ClN4O2S/c13-12-14-6-11(7-15-12)20(18,19)16-5-9-3-4-17(8-9)10-1-2-10/h6-7,9-10,16H,1-5,8H2. The van der Waals surface area contributed by atoms with E-state index in [2.05, 4.69) is 19.6 Å². The summed E-state index contributed by atoms with van der Waals surface area (Å²) in [5.41, 5.74) is 0. The molecule has 0 aromatic carbocycles. The molecular weight excluding hydrogens is 300 g/mol. The first-order valence-corrected chi connectivity index (χ1v) is 8.62. The van der Waals surface area contributed by atoms with Crippen molar-refractivity contribution in [2.24, 2.45) is 5.92 Å². The first-order valence-electron chi connectivity index (χ1n) is 6.76. The van der Waals surface area contributed by atoms with E-state index in [0.29, 0.717) is 12.5 Å². The monoisotopic (exact) mass is 316 g/mol. The van der Waals surface area contributed by atoms with Gasteiger partial charge >= 0.3 is 0 Å². The zero-order valence-corrected chi connectivity index (χ0v) is 12.6. The second-order valence-electron chi connectivity index (χ2n) is 5.42. The van der Waals surface area contributed by atoms with Gasteiger partial charge in [-0.15, -0.1) is 0 Å². The highest BCUT2D eigenvalue weighted by atomic mass is 35.5. The summed E-state index contributed by atoms with van der Waals surface area (Å²) in [6.07, 6.45) is 6.09. The highest BCUT2D eigenvalue weighted by Crippen LogP contribution is 2.31. The molecule has 1 N–H and O–H groups in total. The second kappa shape index (κ2) is 5.55. The van der Waals surface area contributed by atoms with Crippen molar-refractivity contribution >= 4 is 21.6 Å². The molecule has 1 atom stereocenters. The molecule has 3 rings (SSSR count). The van der Waals surface area contributed by atoms with Gasteiger partial charge in [0.15, 0.2) is 0 Å². The quantitative estimate of drug-likeness (QED) is 0.817. The average Bonchev–Trinajstić information content (AvgIpc) is 3.16. The number of nitrogens with zero attached hydrogens (tertiary/aromatic N) is 3. The van der Waals surface area contributed by atoms with Gasteiger partial charge in [-0.05, 0) is 43.3 Å². The zero-order chi connectivity index (χ0) is 14.2. The molecule has 2 heterocycles. The lowest BCUT2D eigenvalue weighted by Crippen LogP contribution is -2.31. The van der Waals surface area contributed by atoms with E-state index >= 15 is 0 Å². The van der Waals surface area contributed by atoms with Gasteiger partial charge in [-0.1, -0.05) is 0 Å². The fourth-order valence-electron chi connectivity index (χ4n) is 2.55. The van der Waals surface area contributed by atoms with Crippen LogP contribution in [0.4, 0.5) is 0 Å². The van der Waals surface area contributed by atoms with Gasteiger partial charge in [0, 0.05) is 19.1 Å². The summed E-state index contributed by atoms with van der Waals surface area (Å²) in [6, 6.07) is 0.751. The number of hydrogen-bond donors (Lipinski definition) is 1. The van der Waals surface area contributed by atoms with Gasteiger partial charge in [0.2, 0.25) is 15.3 Å². The molecule has 1 aliphatic carbocycles. The summed E-state index contributed by atoms with van der Waals surface area (Å²) in [7, 11) is -3.54. The lowest BCUT2D eigenvalue weighted by atomic mass is 10.1. The van der Waals surface area contributed by atoms with Crippen LogP contribution in [0.5, 0.6) is 0 Å². The number of likely N-dealkylation sites (tertiary alicyclic amines) is 1. The molecule has 1 aromatic rings. The summed E-state index contributed by atoms with van der Waals surface area (Å²) in [6.45, 7) is 2.54. The molecule has 0 bridgehead atoms. The van der Waals surface area contributed by atoms with E-state index in [9.17, 15) is 8.42 Å². The molecule has 0 amide bonds. The lowest BCUT2D eigenvalue weighted by molar-refractivity contribution is 0.314. The van der Waals surface area contributed by atoms with Crippen LogP contribution in [0.2, 0.25) is 5.28 Å². The second-order valence-corrected chi connectivity index (χ2v) is 7.53. The van der Waals surface area contributed by atoms with Crippen LogP contribution in [-0.2, 0) is 10.0 Å². The first-order chi connectivity index (χ1) is 9.54. The Morgan fingerprint density at radius 1 is 1.30 bits per heavy atom. The molecule has 1 saturated carbocycles. The van der Waals surface area contributed by atoms with Crippen LogP contribution in [0.1, 0.15) is 19.3 Å². The average molecular weight is 317 g/mol. The summed E-state index contributed by atoms with van der Waals surface area (Å²) < 4.78 is 26.8. The van der Waals surface area contributed by atoms with Crippen molar-refractivity contribution in [1.82, 2.24) is 19.6 Å². The van der Waals surface area contributed by atoms with Crippen molar-refractivity contribution in [3.8, 4) is 0 Å². The van der Waals surface area contributed by atoms with Crippen molar-refractivity contribution in [2.75, 3.05) is 19.6 Å². The van der Waals surface area contributed by atoms with Crippen molar-refractivity contribution in [3.63, 3.8) is 0 Å². The molecule has 110 valence electrons. The maximum atomic E-state index is 12.1. The number of rotatable bonds is 5. The molecule has 2 aliphatic rings. The predicted molar refractivity (Wildman–Crippen MR) is 74.9 cm³/mol. The molecule has 0 radical (unpaired) electrons. The van der Waals surface area contributed by atoms with Gasteiger partial charge in [-0.2, -0.15) is 0 Å². The minimum atomic E-state index is -3.54. The number of hydrogen-bond acceptors (Lipinski definition) is 5. The minimum absolute atomic E-state index is 0.0415. The molecule has 20 heavy (non-hydrogen) atoms. The number of halogens is 1. The van der Waals surface area contributed by atoms with E-state index in [1.54, 1.807) is 0 Å². The Morgan fingerprint density at radius 2 is 2.00 bits per heavy atom. The van der Waals surface area contributed by atoms with Gasteiger partial charge in [-0.3, -0.25) is 0 Å². The van der Waals surface area contributed by atoms with Crippen LogP contribution in [0.15, 0.2) is 17.3 Å². The van der Waals surface area contributed by atoms with E-state index in [1.807, 2.05) is 0 Å². The number of nitrogens with one attached hydrogen (secondary N) is 1. The summed E-state index contributed by atoms with van der Waals surface area (Å²) in [4.78, 5) is 9.91. The number of sulfonamides is 1. The Labute approximate surface area is 123 Å². The summed E-state index contributed by atoms with van der Waals surface area (Å²) in [5, 5.41) is 0.0415. The minimum Gasteiger partial charge on any atom is -0.300 e. The van der Waals surface area contributed by atoms with E-state index in [4.69, 9.17) is 11.6 Å². The zero-order valence-electron chi connectivity index (χ0n) is 11.0. The molecule has 2 fully saturated rings. The largest absolute Gasteiger partial charge is 0.300 e. The fraction of sp³-hybridized carbons (Fsp3) is 0.667. The van der Waals surface area contributed by atoms with Crippen molar-refractivity contribution < 1.29 is 8.42 Å².